The first-order chi connectivity index (χ1) is 24.3. The molecule has 11 aromatic rings. The zero-order valence-electron chi connectivity index (χ0n) is 26.2. The van der Waals surface area contributed by atoms with Crippen LogP contribution in [-0.4, -0.2) is 9.55 Å². The van der Waals surface area contributed by atoms with Gasteiger partial charge < -0.3 is 8.98 Å². The number of fused-ring (bicyclic) bond motifs is 10. The first-order valence-corrected chi connectivity index (χ1v) is 17.4. The standard InChI is InChI=1S/C45H26N2OS/c1-2-15-32(16-3-1)47-37-19-10-18-34(41(37)36-24-29-13-6-7-14-30(29)25-38(36)47)45-46-43-39(48-45)26-35(31-22-21-27-11-4-5-12-28(27)23-31)44-42(43)33-17-8-9-20-40(33)49-44/h1-26H. The van der Waals surface area contributed by atoms with E-state index < -0.39 is 0 Å². The van der Waals surface area contributed by atoms with Crippen LogP contribution in [0.4, 0.5) is 0 Å². The lowest BCUT2D eigenvalue weighted by Gasteiger charge is -2.08. The lowest BCUT2D eigenvalue weighted by Crippen LogP contribution is -1.93. The Morgan fingerprint density at radius 2 is 1.24 bits per heavy atom. The van der Waals surface area contributed by atoms with E-state index in [9.17, 15) is 0 Å². The van der Waals surface area contributed by atoms with Gasteiger partial charge in [0.2, 0.25) is 5.89 Å². The third-order valence-corrected chi connectivity index (χ3v) is 11.2. The summed E-state index contributed by atoms with van der Waals surface area (Å²) >= 11 is 1.83. The number of hydrogen-bond acceptors (Lipinski definition) is 3. The third-order valence-electron chi connectivity index (χ3n) is 9.97. The summed E-state index contributed by atoms with van der Waals surface area (Å²) in [6, 6.07) is 56.5. The van der Waals surface area contributed by atoms with Gasteiger partial charge in [-0.25, -0.2) is 4.98 Å². The number of hydrogen-bond donors (Lipinski definition) is 0. The maximum Gasteiger partial charge on any atom is 0.228 e. The molecular weight excluding hydrogens is 617 g/mol. The van der Waals surface area contributed by atoms with Crippen molar-refractivity contribution in [1.82, 2.24) is 9.55 Å². The molecule has 49 heavy (non-hydrogen) atoms. The fraction of sp³-hybridized carbons (Fsp3) is 0. The van der Waals surface area contributed by atoms with Gasteiger partial charge >= 0.3 is 0 Å². The quantitative estimate of drug-likeness (QED) is 0.192. The Kier molecular flexibility index (Phi) is 5.54. The number of oxazole rings is 1. The van der Waals surface area contributed by atoms with Gasteiger partial charge in [0.1, 0.15) is 5.52 Å². The summed E-state index contributed by atoms with van der Waals surface area (Å²) in [4.78, 5) is 5.35. The molecule has 3 nitrogen and oxygen atoms in total. The lowest BCUT2D eigenvalue weighted by molar-refractivity contribution is 0.621. The second-order valence-electron chi connectivity index (χ2n) is 12.7. The Labute approximate surface area is 284 Å². The molecule has 0 radical (unpaired) electrons. The summed E-state index contributed by atoms with van der Waals surface area (Å²) in [6.45, 7) is 0. The van der Waals surface area contributed by atoms with Crippen molar-refractivity contribution in [2.24, 2.45) is 0 Å². The van der Waals surface area contributed by atoms with Gasteiger partial charge in [0.25, 0.3) is 0 Å². The predicted molar refractivity (Wildman–Crippen MR) is 207 cm³/mol. The average Bonchev–Trinajstić information content (AvgIpc) is 3.85. The average molecular weight is 643 g/mol. The van der Waals surface area contributed by atoms with Gasteiger partial charge in [-0.3, -0.25) is 0 Å². The highest BCUT2D eigenvalue weighted by atomic mass is 32.1. The van der Waals surface area contributed by atoms with Crippen LogP contribution in [0.15, 0.2) is 162 Å². The van der Waals surface area contributed by atoms with Gasteiger partial charge in [0.05, 0.1) is 11.0 Å². The van der Waals surface area contributed by atoms with Gasteiger partial charge in [0.15, 0.2) is 5.58 Å². The van der Waals surface area contributed by atoms with E-state index >= 15 is 0 Å². The van der Waals surface area contributed by atoms with Crippen LogP contribution >= 0.6 is 11.3 Å². The van der Waals surface area contributed by atoms with Crippen LogP contribution in [-0.2, 0) is 0 Å². The number of thiophene rings is 1. The SMILES string of the molecule is c1ccc(-n2c3cc4ccccc4cc3c3c(-c4nc5c(cc(-c6ccc7ccccc7c6)c6sc7ccccc7c65)o4)cccc32)cc1. The van der Waals surface area contributed by atoms with Crippen molar-refractivity contribution in [3.05, 3.63) is 158 Å². The number of nitrogens with zero attached hydrogens (tertiary/aromatic N) is 2. The molecule has 11 rings (SSSR count). The molecular formula is C45H26N2OS. The summed E-state index contributed by atoms with van der Waals surface area (Å²) < 4.78 is 11.7. The molecule has 0 amide bonds. The van der Waals surface area contributed by atoms with Crippen LogP contribution in [0.5, 0.6) is 0 Å². The summed E-state index contributed by atoms with van der Waals surface area (Å²) in [7, 11) is 0. The van der Waals surface area contributed by atoms with Crippen molar-refractivity contribution < 1.29 is 4.42 Å². The van der Waals surface area contributed by atoms with Crippen LogP contribution in [0, 0.1) is 0 Å². The first kappa shape index (κ1) is 26.8. The Balaban J connectivity index is 1.23. The lowest BCUT2D eigenvalue weighted by atomic mass is 9.99. The van der Waals surface area contributed by atoms with Crippen molar-refractivity contribution >= 4 is 86.0 Å². The topological polar surface area (TPSA) is 31.0 Å². The molecule has 0 N–H and O–H groups in total. The molecule has 8 aromatic carbocycles. The molecule has 0 bridgehead atoms. The minimum absolute atomic E-state index is 0.633. The molecule has 0 atom stereocenters. The highest BCUT2D eigenvalue weighted by Crippen LogP contribution is 2.46. The van der Waals surface area contributed by atoms with E-state index in [4.69, 9.17) is 9.40 Å². The number of para-hydroxylation sites is 1. The number of rotatable bonds is 3. The molecule has 4 heteroatoms. The first-order valence-electron chi connectivity index (χ1n) is 16.5. The second kappa shape index (κ2) is 10.1. The molecule has 0 aliphatic carbocycles. The summed E-state index contributed by atoms with van der Waals surface area (Å²) in [5, 5.41) is 9.56. The molecule has 0 saturated carbocycles. The van der Waals surface area contributed by atoms with Gasteiger partial charge in [0, 0.05) is 47.8 Å². The van der Waals surface area contributed by atoms with Gasteiger partial charge in [-0.05, 0) is 81.7 Å². The van der Waals surface area contributed by atoms with Crippen LogP contribution < -0.4 is 0 Å². The highest BCUT2D eigenvalue weighted by molar-refractivity contribution is 7.26. The smallest absolute Gasteiger partial charge is 0.228 e. The molecule has 0 aliphatic rings. The normalized spacial score (nSPS) is 12.1. The van der Waals surface area contributed by atoms with Crippen molar-refractivity contribution in [3.8, 4) is 28.3 Å². The molecule has 3 heterocycles. The summed E-state index contributed by atoms with van der Waals surface area (Å²) in [5.41, 5.74) is 8.44. The number of aromatic nitrogens is 2. The second-order valence-corrected chi connectivity index (χ2v) is 13.8. The maximum absolute atomic E-state index is 6.87. The molecule has 3 aromatic heterocycles. The molecule has 228 valence electrons. The van der Waals surface area contributed by atoms with Gasteiger partial charge in [-0.1, -0.05) is 103 Å². The van der Waals surface area contributed by atoms with Crippen LogP contribution in [0.3, 0.4) is 0 Å². The maximum atomic E-state index is 6.87. The summed E-state index contributed by atoms with van der Waals surface area (Å²) in [5.74, 6) is 0.633. The van der Waals surface area contributed by atoms with E-state index in [2.05, 4.69) is 162 Å². The molecule has 0 fully saturated rings. The van der Waals surface area contributed by atoms with E-state index in [1.165, 1.54) is 52.8 Å². The summed E-state index contributed by atoms with van der Waals surface area (Å²) in [6.07, 6.45) is 0. The zero-order valence-corrected chi connectivity index (χ0v) is 27.0. The highest BCUT2D eigenvalue weighted by Gasteiger charge is 2.23. The predicted octanol–water partition coefficient (Wildman–Crippen LogP) is 12.9. The van der Waals surface area contributed by atoms with Crippen LogP contribution in [0.25, 0.3) is 103 Å². The largest absolute Gasteiger partial charge is 0.436 e. The van der Waals surface area contributed by atoms with Crippen molar-refractivity contribution in [3.63, 3.8) is 0 Å². The minimum Gasteiger partial charge on any atom is -0.436 e. The van der Waals surface area contributed by atoms with E-state index in [-0.39, 0.29) is 0 Å². The molecule has 0 spiro atoms. The van der Waals surface area contributed by atoms with Gasteiger partial charge in [-0.2, -0.15) is 0 Å². The minimum atomic E-state index is 0.633. The Bertz CT molecular complexity index is 3110. The van der Waals surface area contributed by atoms with Gasteiger partial charge in [-0.15, -0.1) is 11.3 Å². The molecule has 0 unspecified atom stereocenters. The van der Waals surface area contributed by atoms with E-state index in [1.807, 2.05) is 11.3 Å². The molecule has 0 aliphatic heterocycles. The third kappa shape index (κ3) is 3.92. The van der Waals surface area contributed by atoms with Crippen LogP contribution in [0.2, 0.25) is 0 Å². The van der Waals surface area contributed by atoms with Crippen molar-refractivity contribution in [2.45, 2.75) is 0 Å². The fourth-order valence-electron chi connectivity index (χ4n) is 7.75. The fourth-order valence-corrected chi connectivity index (χ4v) is 8.99. The van der Waals surface area contributed by atoms with Crippen molar-refractivity contribution in [1.29, 1.82) is 0 Å². The monoisotopic (exact) mass is 642 g/mol. The van der Waals surface area contributed by atoms with E-state index in [0.29, 0.717) is 5.89 Å². The van der Waals surface area contributed by atoms with Crippen LogP contribution in [0.1, 0.15) is 0 Å². The van der Waals surface area contributed by atoms with Crippen molar-refractivity contribution in [2.75, 3.05) is 0 Å². The van der Waals surface area contributed by atoms with E-state index in [1.54, 1.807) is 0 Å². The Hall–Kier alpha value is -6.23. The molecule has 0 saturated heterocycles. The Morgan fingerprint density at radius 1 is 0.510 bits per heavy atom. The number of benzene rings is 8. The zero-order chi connectivity index (χ0) is 32.1. The Morgan fingerprint density at radius 3 is 2.10 bits per heavy atom. The van der Waals surface area contributed by atoms with E-state index in [0.717, 1.165) is 44.2 Å².